The molecule has 2 heteroatoms. The van der Waals surface area contributed by atoms with E-state index in [0.29, 0.717) is 12.9 Å². The van der Waals surface area contributed by atoms with Gasteiger partial charge in [0.15, 0.2) is 0 Å². The van der Waals surface area contributed by atoms with Crippen LogP contribution in [0.5, 0.6) is 0 Å². The van der Waals surface area contributed by atoms with Gasteiger partial charge in [0.2, 0.25) is 0 Å². The van der Waals surface area contributed by atoms with Crippen LogP contribution in [0, 0.1) is 0 Å². The Labute approximate surface area is 43.4 Å². The summed E-state index contributed by atoms with van der Waals surface area (Å²) in [6.45, 7) is 3.41. The van der Waals surface area contributed by atoms with E-state index >= 15 is 0 Å². The SMILES string of the molecule is CC1CCOCO1. The van der Waals surface area contributed by atoms with Crippen molar-refractivity contribution in [2.75, 3.05) is 13.4 Å². The van der Waals surface area contributed by atoms with Crippen molar-refractivity contribution in [2.45, 2.75) is 19.4 Å². The molecule has 0 aromatic rings. The van der Waals surface area contributed by atoms with Gasteiger partial charge in [0.25, 0.3) is 0 Å². The van der Waals surface area contributed by atoms with E-state index in [2.05, 4.69) is 6.92 Å². The minimum Gasteiger partial charge on any atom is -0.355 e. The van der Waals surface area contributed by atoms with Crippen molar-refractivity contribution in [1.29, 1.82) is 0 Å². The molecule has 0 spiro atoms. The van der Waals surface area contributed by atoms with E-state index in [1.807, 2.05) is 0 Å². The van der Waals surface area contributed by atoms with Gasteiger partial charge in [-0.05, 0) is 13.3 Å². The molecule has 2 nitrogen and oxygen atoms in total. The molecule has 1 aliphatic heterocycles. The lowest BCUT2D eigenvalue weighted by atomic mass is 10.3. The summed E-state index contributed by atoms with van der Waals surface area (Å²) in [6, 6.07) is 0. The van der Waals surface area contributed by atoms with Crippen molar-refractivity contribution in [3.8, 4) is 0 Å². The van der Waals surface area contributed by atoms with Crippen molar-refractivity contribution >= 4 is 0 Å². The molecule has 7 heavy (non-hydrogen) atoms. The Morgan fingerprint density at radius 1 is 1.57 bits per heavy atom. The number of rotatable bonds is 0. The first kappa shape index (κ1) is 5.06. The lowest BCUT2D eigenvalue weighted by molar-refractivity contribution is -0.132. The summed E-state index contributed by atoms with van der Waals surface area (Å²) in [5.41, 5.74) is 0. The van der Waals surface area contributed by atoms with Crippen molar-refractivity contribution in [3.05, 3.63) is 0 Å². The van der Waals surface area contributed by atoms with Gasteiger partial charge in [0.1, 0.15) is 6.79 Å². The maximum Gasteiger partial charge on any atom is 0.147 e. The summed E-state index contributed by atoms with van der Waals surface area (Å²) in [4.78, 5) is 0. The molecular weight excluding hydrogens is 92.1 g/mol. The van der Waals surface area contributed by atoms with Crippen LogP contribution in [-0.4, -0.2) is 19.5 Å². The average Bonchev–Trinajstić information content (AvgIpc) is 1.69. The first-order valence-electron chi connectivity index (χ1n) is 2.59. The Balaban J connectivity index is 2.12. The van der Waals surface area contributed by atoms with Gasteiger partial charge in [0, 0.05) is 0 Å². The smallest absolute Gasteiger partial charge is 0.147 e. The maximum absolute atomic E-state index is 5.06. The van der Waals surface area contributed by atoms with Crippen LogP contribution in [0.15, 0.2) is 0 Å². The van der Waals surface area contributed by atoms with Crippen LogP contribution >= 0.6 is 0 Å². The van der Waals surface area contributed by atoms with Crippen LogP contribution < -0.4 is 0 Å². The molecule has 0 amide bonds. The van der Waals surface area contributed by atoms with Crippen LogP contribution in [0.1, 0.15) is 13.3 Å². The van der Waals surface area contributed by atoms with Gasteiger partial charge >= 0.3 is 0 Å². The maximum atomic E-state index is 5.06. The Hall–Kier alpha value is -0.0800. The zero-order valence-corrected chi connectivity index (χ0v) is 4.52. The Morgan fingerprint density at radius 3 is 2.71 bits per heavy atom. The molecule has 42 valence electrons. The van der Waals surface area contributed by atoms with Crippen molar-refractivity contribution in [1.82, 2.24) is 0 Å². The molecule has 1 atom stereocenters. The lowest BCUT2D eigenvalue weighted by Crippen LogP contribution is -2.20. The second-order valence-corrected chi connectivity index (χ2v) is 1.79. The highest BCUT2D eigenvalue weighted by Crippen LogP contribution is 2.02. The average molecular weight is 102 g/mol. The third kappa shape index (κ3) is 1.45. The molecule has 0 aliphatic carbocycles. The molecule has 1 aliphatic rings. The van der Waals surface area contributed by atoms with Crippen LogP contribution in [0.4, 0.5) is 0 Å². The Morgan fingerprint density at radius 2 is 2.43 bits per heavy atom. The van der Waals surface area contributed by atoms with Gasteiger partial charge in [-0.25, -0.2) is 0 Å². The van der Waals surface area contributed by atoms with E-state index in [0.717, 1.165) is 13.0 Å². The number of hydrogen-bond acceptors (Lipinski definition) is 2. The van der Waals surface area contributed by atoms with Crippen molar-refractivity contribution in [2.24, 2.45) is 0 Å². The van der Waals surface area contributed by atoms with Gasteiger partial charge in [-0.1, -0.05) is 0 Å². The van der Waals surface area contributed by atoms with Gasteiger partial charge in [-0.15, -0.1) is 0 Å². The highest BCUT2D eigenvalue weighted by atomic mass is 16.7. The van der Waals surface area contributed by atoms with E-state index in [1.165, 1.54) is 0 Å². The molecule has 1 unspecified atom stereocenters. The Kier molecular flexibility index (Phi) is 1.65. The van der Waals surface area contributed by atoms with Crippen LogP contribution in [0.3, 0.4) is 0 Å². The first-order chi connectivity index (χ1) is 3.39. The zero-order chi connectivity index (χ0) is 5.11. The van der Waals surface area contributed by atoms with Gasteiger partial charge in [-0.2, -0.15) is 0 Å². The van der Waals surface area contributed by atoms with Crippen LogP contribution in [0.25, 0.3) is 0 Å². The predicted octanol–water partition coefficient (Wildman–Crippen LogP) is 0.769. The zero-order valence-electron chi connectivity index (χ0n) is 4.52. The molecule has 0 aromatic heterocycles. The van der Waals surface area contributed by atoms with Crippen molar-refractivity contribution < 1.29 is 9.47 Å². The van der Waals surface area contributed by atoms with Crippen molar-refractivity contribution in [3.63, 3.8) is 0 Å². The molecule has 0 N–H and O–H groups in total. The van der Waals surface area contributed by atoms with Gasteiger partial charge in [-0.3, -0.25) is 0 Å². The largest absolute Gasteiger partial charge is 0.355 e. The molecule has 1 rings (SSSR count). The minimum absolute atomic E-state index is 0.411. The summed E-state index contributed by atoms with van der Waals surface area (Å²) in [5.74, 6) is 0. The standard InChI is InChI=1S/C5H10O2/c1-5-2-3-6-4-7-5/h5H,2-4H2,1H3. The summed E-state index contributed by atoms with van der Waals surface area (Å²) >= 11 is 0. The van der Waals surface area contributed by atoms with Gasteiger partial charge in [0.05, 0.1) is 12.7 Å². The third-order valence-electron chi connectivity index (χ3n) is 1.10. The van der Waals surface area contributed by atoms with E-state index < -0.39 is 0 Å². The van der Waals surface area contributed by atoms with E-state index in [-0.39, 0.29) is 0 Å². The van der Waals surface area contributed by atoms with E-state index in [1.54, 1.807) is 0 Å². The fourth-order valence-corrected chi connectivity index (χ4v) is 0.556. The predicted molar refractivity (Wildman–Crippen MR) is 26.0 cm³/mol. The minimum atomic E-state index is 0.411. The third-order valence-corrected chi connectivity index (χ3v) is 1.10. The van der Waals surface area contributed by atoms with E-state index in [9.17, 15) is 0 Å². The molecule has 0 bridgehead atoms. The molecule has 0 saturated carbocycles. The highest BCUT2D eigenvalue weighted by molar-refractivity contribution is 4.49. The topological polar surface area (TPSA) is 18.5 Å². The Bertz CT molecular complexity index is 48.0. The summed E-state index contributed by atoms with van der Waals surface area (Å²) in [7, 11) is 0. The quantitative estimate of drug-likeness (QED) is 0.449. The second-order valence-electron chi connectivity index (χ2n) is 1.79. The molecule has 0 radical (unpaired) electrons. The number of ether oxygens (including phenoxy) is 2. The molecule has 1 heterocycles. The normalized spacial score (nSPS) is 33.0. The molecule has 1 fully saturated rings. The first-order valence-corrected chi connectivity index (χ1v) is 2.59. The lowest BCUT2D eigenvalue weighted by Gasteiger charge is -2.17. The molecule has 0 aromatic carbocycles. The van der Waals surface area contributed by atoms with Crippen LogP contribution in [-0.2, 0) is 9.47 Å². The fourth-order valence-electron chi connectivity index (χ4n) is 0.556. The summed E-state index contributed by atoms with van der Waals surface area (Å²) in [5, 5.41) is 0. The monoisotopic (exact) mass is 102 g/mol. The fraction of sp³-hybridized carbons (Fsp3) is 1.00. The molecular formula is C5H10O2. The summed E-state index contributed by atoms with van der Waals surface area (Å²) < 4.78 is 9.97. The second kappa shape index (κ2) is 2.28. The van der Waals surface area contributed by atoms with Crippen LogP contribution in [0.2, 0.25) is 0 Å². The summed E-state index contributed by atoms with van der Waals surface area (Å²) in [6.07, 6.45) is 1.45. The number of hydrogen-bond donors (Lipinski definition) is 0. The molecule has 1 saturated heterocycles. The van der Waals surface area contributed by atoms with Gasteiger partial charge < -0.3 is 9.47 Å². The van der Waals surface area contributed by atoms with E-state index in [4.69, 9.17) is 9.47 Å². The highest BCUT2D eigenvalue weighted by Gasteiger charge is 2.05.